The summed E-state index contributed by atoms with van der Waals surface area (Å²) in [5.41, 5.74) is -1.13. The molecule has 1 amide bonds. The highest BCUT2D eigenvalue weighted by Gasteiger charge is 2.39. The summed E-state index contributed by atoms with van der Waals surface area (Å²) >= 11 is 1.23. The van der Waals surface area contributed by atoms with Crippen molar-refractivity contribution in [1.82, 2.24) is 4.90 Å². The van der Waals surface area contributed by atoms with Gasteiger partial charge >= 0.3 is 12.1 Å². The molecule has 2 atom stereocenters. The average molecular weight is 557 g/mol. The van der Waals surface area contributed by atoms with Crippen molar-refractivity contribution in [3.05, 3.63) is 35.1 Å². The van der Waals surface area contributed by atoms with E-state index < -0.39 is 43.0 Å². The number of benzene rings is 1. The molecule has 0 aliphatic rings. The van der Waals surface area contributed by atoms with Crippen molar-refractivity contribution in [2.45, 2.75) is 84.8 Å². The molecule has 10 heteroatoms. The molecule has 0 saturated carbocycles. The fraction of sp³-hybridized carbons (Fsp3) is 0.667. The fourth-order valence-electron chi connectivity index (χ4n) is 3.46. The fourth-order valence-corrected chi connectivity index (χ4v) is 4.84. The number of ether oxygens (including phenoxy) is 3. The van der Waals surface area contributed by atoms with Gasteiger partial charge in [-0.1, -0.05) is 56.5 Å². The van der Waals surface area contributed by atoms with Crippen molar-refractivity contribution in [3.8, 4) is 0 Å². The Morgan fingerprint density at radius 3 is 2.32 bits per heavy atom. The zero-order chi connectivity index (χ0) is 28.6. The van der Waals surface area contributed by atoms with Crippen LogP contribution in [0.1, 0.15) is 52.2 Å². The molecule has 7 nitrogen and oxygen atoms in total. The highest BCUT2D eigenvalue weighted by molar-refractivity contribution is 8.13. The van der Waals surface area contributed by atoms with Gasteiger partial charge in [-0.25, -0.2) is 14.1 Å². The van der Waals surface area contributed by atoms with Crippen LogP contribution in [0.2, 0.25) is 25.7 Å². The van der Waals surface area contributed by atoms with Gasteiger partial charge in [0.05, 0.1) is 19.1 Å². The third-order valence-corrected chi connectivity index (χ3v) is 8.35. The van der Waals surface area contributed by atoms with E-state index >= 15 is 4.39 Å². The van der Waals surface area contributed by atoms with Crippen molar-refractivity contribution in [1.29, 1.82) is 0 Å². The molecule has 0 bridgehead atoms. The van der Waals surface area contributed by atoms with Crippen LogP contribution in [-0.4, -0.2) is 62.5 Å². The molecule has 0 N–H and O–H groups in total. The Bertz CT molecular complexity index is 961. The van der Waals surface area contributed by atoms with Crippen LogP contribution >= 0.6 is 11.8 Å². The number of esters is 1. The number of halogens is 1. The lowest BCUT2D eigenvalue weighted by Crippen LogP contribution is -2.43. The summed E-state index contributed by atoms with van der Waals surface area (Å²) < 4.78 is 31.9. The van der Waals surface area contributed by atoms with Gasteiger partial charge in [0.15, 0.2) is 5.17 Å². The SMILES string of the molecule is COC(=O)C[C@@H](C)[C@](C)(/N=C(\SC)N(COCC[Si](C)(C)C)C(=O)OC(C)(C)C)c1cccc(C)c1F. The third-order valence-electron chi connectivity index (χ3n) is 5.97. The minimum atomic E-state index is -1.34. The molecule has 0 aromatic heterocycles. The predicted molar refractivity (Wildman–Crippen MR) is 152 cm³/mol. The molecular weight excluding hydrogens is 511 g/mol. The largest absolute Gasteiger partial charge is 0.469 e. The number of amidine groups is 1. The smallest absolute Gasteiger partial charge is 0.418 e. The van der Waals surface area contributed by atoms with Gasteiger partial charge in [-0.2, -0.15) is 0 Å². The summed E-state index contributed by atoms with van der Waals surface area (Å²) in [5, 5.41) is 0.308. The average Bonchev–Trinajstić information content (AvgIpc) is 2.77. The predicted octanol–water partition coefficient (Wildman–Crippen LogP) is 6.82. The molecule has 0 aliphatic carbocycles. The molecule has 1 aromatic carbocycles. The van der Waals surface area contributed by atoms with E-state index in [4.69, 9.17) is 19.2 Å². The zero-order valence-corrected chi connectivity index (χ0v) is 26.2. The minimum absolute atomic E-state index is 0.0185. The molecule has 1 aromatic rings. The number of amides is 1. The first-order valence-electron chi connectivity index (χ1n) is 12.5. The van der Waals surface area contributed by atoms with Gasteiger partial charge in [-0.05, 0) is 58.4 Å². The van der Waals surface area contributed by atoms with Crippen LogP contribution < -0.4 is 0 Å². The number of aliphatic imine (C=N–C) groups is 1. The number of carbonyl (C=O) groups is 2. The first-order valence-corrected chi connectivity index (χ1v) is 17.4. The van der Waals surface area contributed by atoms with Gasteiger partial charge in [-0.3, -0.25) is 9.79 Å². The molecule has 210 valence electrons. The molecule has 0 radical (unpaired) electrons. The number of hydrogen-bond donors (Lipinski definition) is 0. The second-order valence-electron chi connectivity index (χ2n) is 11.6. The zero-order valence-electron chi connectivity index (χ0n) is 24.4. The van der Waals surface area contributed by atoms with Crippen molar-refractivity contribution < 1.29 is 28.2 Å². The number of nitrogens with zero attached hydrogens (tertiary/aromatic N) is 2. The van der Waals surface area contributed by atoms with Crippen molar-refractivity contribution in [2.75, 3.05) is 26.7 Å². The van der Waals surface area contributed by atoms with E-state index in [1.165, 1.54) is 23.8 Å². The second kappa shape index (κ2) is 13.8. The molecule has 0 spiro atoms. The normalized spacial score (nSPS) is 15.1. The van der Waals surface area contributed by atoms with Crippen LogP contribution in [-0.2, 0) is 24.5 Å². The van der Waals surface area contributed by atoms with Gasteiger partial charge in [0.25, 0.3) is 0 Å². The lowest BCUT2D eigenvalue weighted by molar-refractivity contribution is -0.142. The number of carbonyl (C=O) groups excluding carboxylic acids is 2. The van der Waals surface area contributed by atoms with Gasteiger partial charge < -0.3 is 14.2 Å². The van der Waals surface area contributed by atoms with Gasteiger partial charge in [0, 0.05) is 20.2 Å². The molecule has 0 unspecified atom stereocenters. The summed E-state index contributed by atoms with van der Waals surface area (Å²) in [6.07, 6.45) is 1.20. The molecule has 37 heavy (non-hydrogen) atoms. The standard InChI is InChI=1S/C27H45FN2O5SSi/c1-19-13-12-14-21(23(19)28)27(6,20(2)17-22(31)33-7)29-24(36-8)30(25(32)35-26(3,4)5)18-34-15-16-37(9,10)11/h12-14,20H,15-18H2,1-11H3/b29-24-/t20-,27+/m1/s1. The summed E-state index contributed by atoms with van der Waals surface area (Å²) in [6.45, 7) is 17.8. The Labute approximate surface area is 227 Å². The Balaban J connectivity index is 3.60. The topological polar surface area (TPSA) is 77.4 Å². The molecule has 0 fully saturated rings. The Morgan fingerprint density at radius 1 is 1.19 bits per heavy atom. The monoisotopic (exact) mass is 556 g/mol. The Morgan fingerprint density at radius 2 is 1.81 bits per heavy atom. The summed E-state index contributed by atoms with van der Waals surface area (Å²) in [4.78, 5) is 31.8. The van der Waals surface area contributed by atoms with E-state index in [0.29, 0.717) is 22.9 Å². The maximum atomic E-state index is 15.5. The van der Waals surface area contributed by atoms with Crippen LogP contribution in [0, 0.1) is 18.7 Å². The number of hydrogen-bond acceptors (Lipinski definition) is 7. The third kappa shape index (κ3) is 10.4. The van der Waals surface area contributed by atoms with Crippen LogP contribution in [0.25, 0.3) is 0 Å². The van der Waals surface area contributed by atoms with Gasteiger partial charge in [0.1, 0.15) is 18.1 Å². The Kier molecular flexibility index (Phi) is 12.3. The van der Waals surface area contributed by atoms with Gasteiger partial charge in [0.2, 0.25) is 0 Å². The number of rotatable bonds is 10. The van der Waals surface area contributed by atoms with Crippen LogP contribution in [0.15, 0.2) is 23.2 Å². The minimum Gasteiger partial charge on any atom is -0.469 e. The van der Waals surface area contributed by atoms with E-state index in [0.717, 1.165) is 6.04 Å². The highest BCUT2D eigenvalue weighted by atomic mass is 32.2. The maximum absolute atomic E-state index is 15.5. The van der Waals surface area contributed by atoms with E-state index in [9.17, 15) is 9.59 Å². The number of aryl methyl sites for hydroxylation is 1. The maximum Gasteiger partial charge on any atom is 0.418 e. The molecule has 0 heterocycles. The summed E-state index contributed by atoms with van der Waals surface area (Å²) in [6, 6.07) is 6.04. The molecular formula is C27H45FN2O5SSi. The van der Waals surface area contributed by atoms with Gasteiger partial charge in [-0.15, -0.1) is 0 Å². The van der Waals surface area contributed by atoms with Crippen LogP contribution in [0.3, 0.4) is 0 Å². The first-order chi connectivity index (χ1) is 16.9. The highest BCUT2D eigenvalue weighted by Crippen LogP contribution is 2.39. The first kappa shape index (κ1) is 33.1. The Hall–Kier alpha value is -1.91. The van der Waals surface area contributed by atoms with Crippen molar-refractivity contribution >= 4 is 37.1 Å². The van der Waals surface area contributed by atoms with E-state index in [2.05, 4.69) is 19.6 Å². The molecule has 0 saturated heterocycles. The number of thioether (sulfide) groups is 1. The number of methoxy groups -OCH3 is 1. The summed E-state index contributed by atoms with van der Waals surface area (Å²) in [7, 11) is -0.0214. The second-order valence-corrected chi connectivity index (χ2v) is 18.0. The van der Waals surface area contributed by atoms with E-state index in [1.807, 2.05) is 6.92 Å². The molecule has 1 rings (SSSR count). The van der Waals surface area contributed by atoms with Crippen LogP contribution in [0.5, 0.6) is 0 Å². The molecule has 0 aliphatic heterocycles. The van der Waals surface area contributed by atoms with Crippen molar-refractivity contribution in [2.24, 2.45) is 10.9 Å². The summed E-state index contributed by atoms with van der Waals surface area (Å²) in [5.74, 6) is -1.28. The van der Waals surface area contributed by atoms with E-state index in [1.54, 1.807) is 59.1 Å². The van der Waals surface area contributed by atoms with Crippen LogP contribution in [0.4, 0.5) is 9.18 Å². The van der Waals surface area contributed by atoms with Crippen molar-refractivity contribution in [3.63, 3.8) is 0 Å². The lowest BCUT2D eigenvalue weighted by Gasteiger charge is -2.35. The van der Waals surface area contributed by atoms with E-state index in [-0.39, 0.29) is 13.2 Å². The lowest BCUT2D eigenvalue weighted by atomic mass is 9.78. The quantitative estimate of drug-likeness (QED) is 0.0786.